The Kier molecular flexibility index (Phi) is 4.13. The smallest absolute Gasteiger partial charge is 0.345 e. The van der Waals surface area contributed by atoms with Crippen molar-refractivity contribution in [3.05, 3.63) is 58.5 Å². The molecule has 0 aliphatic carbocycles. The normalized spacial score (nSPS) is 15.5. The highest BCUT2D eigenvalue weighted by molar-refractivity contribution is 5.84. The number of rotatable bonds is 2. The third-order valence-corrected chi connectivity index (χ3v) is 5.59. The average molecular weight is 389 g/mol. The molecule has 0 saturated carbocycles. The number of anilines is 1. The maximum Gasteiger partial charge on any atom is 0.345 e. The molecule has 1 aliphatic rings. The molecule has 0 amide bonds. The second kappa shape index (κ2) is 6.70. The largest absolute Gasteiger partial charge is 0.422 e. The van der Waals surface area contributed by atoms with E-state index in [9.17, 15) is 4.79 Å². The minimum Gasteiger partial charge on any atom is -0.422 e. The molecule has 4 aromatic rings. The zero-order valence-corrected chi connectivity index (χ0v) is 16.8. The first kappa shape index (κ1) is 17.9. The van der Waals surface area contributed by atoms with Gasteiger partial charge in [0.2, 0.25) is 0 Å². The van der Waals surface area contributed by atoms with Gasteiger partial charge in [0.15, 0.2) is 5.65 Å². The molecule has 0 spiro atoms. The second-order valence-electron chi connectivity index (χ2n) is 7.78. The SMILES string of the molecule is Cc1cn2cc(-c3cc4ccc(N5CCN(C)CC5)cc4oc3=O)nc2c(C)n1. The highest BCUT2D eigenvalue weighted by Gasteiger charge is 2.17. The van der Waals surface area contributed by atoms with E-state index in [4.69, 9.17) is 4.42 Å². The molecule has 5 rings (SSSR count). The van der Waals surface area contributed by atoms with Crippen molar-refractivity contribution >= 4 is 22.3 Å². The molecule has 148 valence electrons. The molecule has 1 aliphatic heterocycles. The Morgan fingerprint density at radius 1 is 1.00 bits per heavy atom. The van der Waals surface area contributed by atoms with Gasteiger partial charge in [-0.25, -0.2) is 9.78 Å². The van der Waals surface area contributed by atoms with Crippen molar-refractivity contribution in [2.75, 3.05) is 38.1 Å². The second-order valence-corrected chi connectivity index (χ2v) is 7.78. The van der Waals surface area contributed by atoms with Crippen LogP contribution in [0.25, 0.3) is 27.9 Å². The van der Waals surface area contributed by atoms with Gasteiger partial charge in [0.05, 0.1) is 22.6 Å². The van der Waals surface area contributed by atoms with Crippen LogP contribution in [0.1, 0.15) is 11.4 Å². The van der Waals surface area contributed by atoms with Gasteiger partial charge < -0.3 is 18.6 Å². The Morgan fingerprint density at radius 3 is 2.59 bits per heavy atom. The van der Waals surface area contributed by atoms with Gasteiger partial charge in [-0.05, 0) is 39.1 Å². The number of imidazole rings is 1. The lowest BCUT2D eigenvalue weighted by atomic mass is 10.1. The van der Waals surface area contributed by atoms with Crippen LogP contribution in [0.2, 0.25) is 0 Å². The number of likely N-dealkylation sites (N-methyl/N-ethyl adjacent to an activating group) is 1. The Morgan fingerprint density at radius 2 is 1.79 bits per heavy atom. The molecule has 7 nitrogen and oxygen atoms in total. The van der Waals surface area contributed by atoms with Crippen molar-refractivity contribution in [3.63, 3.8) is 0 Å². The summed E-state index contributed by atoms with van der Waals surface area (Å²) in [6, 6.07) is 7.94. The first-order valence-corrected chi connectivity index (χ1v) is 9.83. The first-order valence-electron chi connectivity index (χ1n) is 9.83. The highest BCUT2D eigenvalue weighted by Crippen LogP contribution is 2.26. The van der Waals surface area contributed by atoms with Crippen molar-refractivity contribution < 1.29 is 4.42 Å². The lowest BCUT2D eigenvalue weighted by molar-refractivity contribution is 0.313. The molecule has 0 atom stereocenters. The third kappa shape index (κ3) is 3.17. The third-order valence-electron chi connectivity index (χ3n) is 5.59. The quantitative estimate of drug-likeness (QED) is 0.491. The summed E-state index contributed by atoms with van der Waals surface area (Å²) in [5.74, 6) is 0. The summed E-state index contributed by atoms with van der Waals surface area (Å²) in [5, 5.41) is 0.889. The zero-order chi connectivity index (χ0) is 20.1. The van der Waals surface area contributed by atoms with Crippen LogP contribution < -0.4 is 10.5 Å². The number of fused-ring (bicyclic) bond motifs is 2. The van der Waals surface area contributed by atoms with E-state index in [1.54, 1.807) is 0 Å². The van der Waals surface area contributed by atoms with Crippen molar-refractivity contribution in [3.8, 4) is 11.3 Å². The first-order chi connectivity index (χ1) is 14.0. The lowest BCUT2D eigenvalue weighted by Gasteiger charge is -2.34. The van der Waals surface area contributed by atoms with Crippen LogP contribution in [0.4, 0.5) is 5.69 Å². The molecule has 0 bridgehead atoms. The molecule has 1 saturated heterocycles. The molecule has 7 heteroatoms. The van der Waals surface area contributed by atoms with Gasteiger partial charge in [0.1, 0.15) is 5.58 Å². The highest BCUT2D eigenvalue weighted by atomic mass is 16.4. The van der Waals surface area contributed by atoms with Crippen LogP contribution in [-0.2, 0) is 0 Å². The van der Waals surface area contributed by atoms with Gasteiger partial charge in [0.25, 0.3) is 0 Å². The summed E-state index contributed by atoms with van der Waals surface area (Å²) in [6.45, 7) is 7.86. The summed E-state index contributed by atoms with van der Waals surface area (Å²) in [6.07, 6.45) is 3.76. The van der Waals surface area contributed by atoms with E-state index in [2.05, 4.69) is 32.9 Å². The number of hydrogen-bond acceptors (Lipinski definition) is 6. The van der Waals surface area contributed by atoms with Gasteiger partial charge in [-0.15, -0.1) is 0 Å². The van der Waals surface area contributed by atoms with Crippen LogP contribution in [0, 0.1) is 13.8 Å². The standard InChI is InChI=1S/C22H23N5O2/c1-14-12-27-13-19(24-21(27)15(2)23-14)18-10-16-4-5-17(11-20(16)29-22(18)28)26-8-6-25(3)7-9-26/h4-5,10-13H,6-9H2,1-3H3. The Labute approximate surface area is 168 Å². The van der Waals surface area contributed by atoms with Crippen molar-refractivity contribution in [1.29, 1.82) is 0 Å². The number of aryl methyl sites for hydroxylation is 2. The van der Waals surface area contributed by atoms with Crippen LogP contribution in [0.3, 0.4) is 0 Å². The van der Waals surface area contributed by atoms with E-state index in [0.717, 1.165) is 54.3 Å². The molecule has 4 heterocycles. The molecule has 1 fully saturated rings. The van der Waals surface area contributed by atoms with E-state index in [1.807, 2.05) is 48.8 Å². The Hall–Kier alpha value is -3.19. The van der Waals surface area contributed by atoms with E-state index >= 15 is 0 Å². The maximum atomic E-state index is 12.7. The summed E-state index contributed by atoms with van der Waals surface area (Å²) in [5.41, 5.74) is 4.86. The number of aromatic nitrogens is 3. The monoisotopic (exact) mass is 389 g/mol. The predicted molar refractivity (Wildman–Crippen MR) is 114 cm³/mol. The molecule has 29 heavy (non-hydrogen) atoms. The molecule has 0 radical (unpaired) electrons. The van der Waals surface area contributed by atoms with Crippen LogP contribution in [-0.4, -0.2) is 52.5 Å². The fourth-order valence-electron chi connectivity index (χ4n) is 3.97. The lowest BCUT2D eigenvalue weighted by Crippen LogP contribution is -2.44. The number of nitrogens with zero attached hydrogens (tertiary/aromatic N) is 5. The molecule has 1 aromatic carbocycles. The topological polar surface area (TPSA) is 66.9 Å². The van der Waals surface area contributed by atoms with Crippen molar-refractivity contribution in [1.82, 2.24) is 19.3 Å². The number of hydrogen-bond donors (Lipinski definition) is 0. The fourth-order valence-corrected chi connectivity index (χ4v) is 3.97. The number of piperazine rings is 1. The van der Waals surface area contributed by atoms with Crippen LogP contribution >= 0.6 is 0 Å². The fraction of sp³-hybridized carbons (Fsp3) is 0.318. The molecule has 3 aromatic heterocycles. The average Bonchev–Trinajstić information content (AvgIpc) is 3.11. The van der Waals surface area contributed by atoms with Gasteiger partial charge in [-0.2, -0.15) is 0 Å². The summed E-state index contributed by atoms with van der Waals surface area (Å²) in [4.78, 5) is 26.4. The van der Waals surface area contributed by atoms with E-state index < -0.39 is 0 Å². The Bertz CT molecular complexity index is 1280. The molecule has 0 N–H and O–H groups in total. The van der Waals surface area contributed by atoms with Crippen molar-refractivity contribution in [2.24, 2.45) is 0 Å². The summed E-state index contributed by atoms with van der Waals surface area (Å²) >= 11 is 0. The predicted octanol–water partition coefficient (Wildman–Crippen LogP) is 2.87. The van der Waals surface area contributed by atoms with Crippen LogP contribution in [0.5, 0.6) is 0 Å². The van der Waals surface area contributed by atoms with Crippen molar-refractivity contribution in [2.45, 2.75) is 13.8 Å². The summed E-state index contributed by atoms with van der Waals surface area (Å²) < 4.78 is 7.60. The molecule has 0 unspecified atom stereocenters. The van der Waals surface area contributed by atoms with Gasteiger partial charge in [-0.3, -0.25) is 4.98 Å². The van der Waals surface area contributed by atoms with Gasteiger partial charge >= 0.3 is 5.63 Å². The van der Waals surface area contributed by atoms with E-state index in [0.29, 0.717) is 16.8 Å². The Balaban J connectivity index is 1.56. The van der Waals surface area contributed by atoms with E-state index in [-0.39, 0.29) is 5.63 Å². The zero-order valence-electron chi connectivity index (χ0n) is 16.8. The van der Waals surface area contributed by atoms with Gasteiger partial charge in [0, 0.05) is 55.7 Å². The van der Waals surface area contributed by atoms with Crippen LogP contribution in [0.15, 0.2) is 45.9 Å². The minimum absolute atomic E-state index is 0.376. The summed E-state index contributed by atoms with van der Waals surface area (Å²) in [7, 11) is 2.14. The number of benzene rings is 1. The minimum atomic E-state index is -0.376. The van der Waals surface area contributed by atoms with Gasteiger partial charge in [-0.1, -0.05) is 0 Å². The molecular weight excluding hydrogens is 366 g/mol. The van der Waals surface area contributed by atoms with E-state index in [1.165, 1.54) is 0 Å². The maximum absolute atomic E-state index is 12.7. The molecular formula is C22H23N5O2.